The number of hydrogen-bond donors (Lipinski definition) is 3. The van der Waals surface area contributed by atoms with Crippen LogP contribution in [0.4, 0.5) is 26.3 Å². The molecule has 10 rings (SSSR count). The average molecular weight is 1710 g/mol. The Morgan fingerprint density at radius 1 is 0.604 bits per heavy atom. The number of sulfone groups is 1. The zero-order valence-electron chi connectivity index (χ0n) is 54.9. The Morgan fingerprint density at radius 2 is 1.00 bits per heavy atom. The van der Waals surface area contributed by atoms with Gasteiger partial charge in [0.1, 0.15) is 42.4 Å². The predicted molar refractivity (Wildman–Crippen MR) is 429 cm³/mol. The van der Waals surface area contributed by atoms with Gasteiger partial charge in [0.25, 0.3) is 0 Å². The van der Waals surface area contributed by atoms with Gasteiger partial charge < -0.3 is 25.5 Å². The number of carbonyl (C=O) groups is 1. The molecule has 1 amide bonds. The van der Waals surface area contributed by atoms with E-state index in [0.29, 0.717) is 48.5 Å². The third-order valence-electron chi connectivity index (χ3n) is 13.0. The highest BCUT2D eigenvalue weighted by molar-refractivity contribution is 9.08. The maximum Gasteiger partial charge on any atom is 0.494 e. The highest BCUT2D eigenvalue weighted by atomic mass is 79.9. The first-order valence-electron chi connectivity index (χ1n) is 28.8. The molecule has 0 unspecified atom stereocenters. The predicted octanol–water partition coefficient (Wildman–Crippen LogP) is 22.0. The molecular formula is C71H96BBrCl7F6N13O6S. The number of carbonyl (C=O) groups excluding carboxylic acids is 1. The van der Waals surface area contributed by atoms with E-state index in [9.17, 15) is 39.6 Å². The van der Waals surface area contributed by atoms with Crippen LogP contribution in [0.3, 0.4) is 0 Å². The number of aryl methyl sites for hydroxylation is 6. The number of aliphatic hydroxyl groups is 1. The van der Waals surface area contributed by atoms with Crippen molar-refractivity contribution < 1.29 is 54.0 Å². The summed E-state index contributed by atoms with van der Waals surface area (Å²) in [7, 11) is -3.63. The van der Waals surface area contributed by atoms with Gasteiger partial charge in [-0.3, -0.25) is 9.20 Å². The number of benzene rings is 1. The fraction of sp³-hybridized carbons (Fsp3) is 0.380. The zero-order valence-corrected chi connectivity index (χ0v) is 62.6. The third kappa shape index (κ3) is 39.1. The minimum absolute atomic E-state index is 0. The maximum atomic E-state index is 12.3. The molecule has 1 aromatic carbocycles. The monoisotopic (exact) mass is 1710 g/mol. The molecule has 19 nitrogen and oxygen atoms in total. The molecule has 0 bridgehead atoms. The van der Waals surface area contributed by atoms with E-state index in [-0.39, 0.29) is 99.9 Å². The summed E-state index contributed by atoms with van der Waals surface area (Å²) in [6, 6.07) is 28.6. The third-order valence-corrected chi connectivity index (χ3v) is 16.2. The molecule has 0 saturated carbocycles. The number of amides is 1. The molecule has 0 radical (unpaired) electrons. The second-order valence-corrected chi connectivity index (χ2v) is 27.5. The van der Waals surface area contributed by atoms with Gasteiger partial charge >= 0.3 is 19.5 Å². The van der Waals surface area contributed by atoms with Gasteiger partial charge in [0.15, 0.2) is 9.84 Å². The Morgan fingerprint density at radius 3 is 1.41 bits per heavy atom. The summed E-state index contributed by atoms with van der Waals surface area (Å²) in [6.07, 6.45) is -3.82. The van der Waals surface area contributed by atoms with Crippen molar-refractivity contribution >= 4 is 131 Å². The van der Waals surface area contributed by atoms with Crippen molar-refractivity contribution in [3.63, 3.8) is 0 Å². The molecule has 1 saturated heterocycles. The quantitative estimate of drug-likeness (QED) is 0.0168. The fourth-order valence-corrected chi connectivity index (χ4v) is 10.8. The van der Waals surface area contributed by atoms with Crippen molar-refractivity contribution in [3.8, 4) is 0 Å². The standard InChI is InChI=1S/C13H19BO4S.C8H6ClF3N2O.C8H7ClN2.C7H7BrClN.C7H6ClF3N2.C7H7ClN4.C7H8ClNO.C7H8ClN.7CH4/c1-12(2)13(3,4)18-14(17-12)10-6-8-11(9-7-10)19(5,15)16;9-7-2-5(8(10,11)12)1-6(14-7)3-13-4-15;1-6-2-7-4-10-5-11(7)8(9)3-6;1-5-2-6(4-8)10-7(9)3-5;8-6-2-4(7(9,10)11)1-5(3-12)13-6;1-5-2-6(4-10-12-9)11-7(8)3-5;1-5-2-6(4-10)9-7(8)3-5;1-5-3-6(2)9-7(8)4-5;;;;;;;/h6-9H,1-5H3;1-2,4H,3H2,(H,13,15);2-5H,1H3;2-3H,4H2,1H3;1-2H,3,12H2;2-3H,4H2,1H3;2-3,10H,4H2,1H3;3-4H,1-2H3;7*1H4. The van der Waals surface area contributed by atoms with E-state index in [1.807, 2.05) is 116 Å². The summed E-state index contributed by atoms with van der Waals surface area (Å²) in [5.74, 6) is 0. The van der Waals surface area contributed by atoms with Gasteiger partial charge in [0, 0.05) is 34.4 Å². The number of alkyl halides is 7. The minimum Gasteiger partial charge on any atom is -0.399 e. The molecule has 0 spiro atoms. The van der Waals surface area contributed by atoms with Crippen LogP contribution in [0, 0.1) is 41.5 Å². The lowest BCUT2D eigenvalue weighted by atomic mass is 9.79. The Bertz CT molecular complexity index is 4130. The summed E-state index contributed by atoms with van der Waals surface area (Å²) in [5, 5.41) is 17.3. The molecule has 4 N–H and O–H groups in total. The van der Waals surface area contributed by atoms with Gasteiger partial charge in [0.05, 0.1) is 81.4 Å². The number of halogens is 14. The van der Waals surface area contributed by atoms with Crippen LogP contribution >= 0.6 is 97.1 Å². The molecule has 0 aliphatic carbocycles. The zero-order chi connectivity index (χ0) is 74.8. The summed E-state index contributed by atoms with van der Waals surface area (Å²) in [4.78, 5) is 40.0. The number of rotatable bonds is 10. The van der Waals surface area contributed by atoms with Crippen molar-refractivity contribution in [2.45, 2.75) is 181 Å². The topological polar surface area (TPSA) is 271 Å². The number of imidazole rings is 1. The number of pyridine rings is 7. The van der Waals surface area contributed by atoms with Crippen molar-refractivity contribution in [1.29, 1.82) is 0 Å². The number of hydrogen-bond acceptors (Lipinski definition) is 15. The van der Waals surface area contributed by atoms with E-state index in [2.05, 4.69) is 66.2 Å². The molecule has 9 aromatic rings. The van der Waals surface area contributed by atoms with Gasteiger partial charge in [-0.2, -0.15) is 26.3 Å². The molecule has 35 heteroatoms. The van der Waals surface area contributed by atoms with Gasteiger partial charge in [0.2, 0.25) is 6.41 Å². The smallest absolute Gasteiger partial charge is 0.399 e. The van der Waals surface area contributed by atoms with Crippen molar-refractivity contribution in [1.82, 2.24) is 44.6 Å². The molecule has 1 aliphatic rings. The van der Waals surface area contributed by atoms with Crippen molar-refractivity contribution in [2.75, 3.05) is 6.26 Å². The number of aromatic nitrogens is 8. The minimum atomic E-state index is -4.47. The number of nitrogens with one attached hydrogen (secondary N) is 1. The molecule has 0 atom stereocenters. The van der Waals surface area contributed by atoms with Crippen LogP contribution in [-0.4, -0.2) is 83.8 Å². The second kappa shape index (κ2) is 50.3. The first-order chi connectivity index (χ1) is 46.0. The molecule has 9 heterocycles. The van der Waals surface area contributed by atoms with Crippen LogP contribution in [0.1, 0.15) is 153 Å². The molecule has 1 aliphatic heterocycles. The largest absolute Gasteiger partial charge is 0.494 e. The summed E-state index contributed by atoms with van der Waals surface area (Å²) >= 11 is 42.6. The number of azide groups is 1. The summed E-state index contributed by atoms with van der Waals surface area (Å²) in [6.45, 7) is 19.7. The fourth-order valence-electron chi connectivity index (χ4n) is 7.95. The van der Waals surface area contributed by atoms with E-state index in [0.717, 1.165) is 79.8 Å². The first kappa shape index (κ1) is 108. The first-order valence-corrected chi connectivity index (χ1v) is 34.4. The molecular weight excluding hydrogens is 1620 g/mol. The van der Waals surface area contributed by atoms with E-state index in [1.165, 1.54) is 6.26 Å². The normalized spacial score (nSPS) is 11.7. The molecule has 1 fully saturated rings. The van der Waals surface area contributed by atoms with E-state index < -0.39 is 51.6 Å². The van der Waals surface area contributed by atoms with Crippen molar-refractivity contribution in [3.05, 3.63) is 241 Å². The van der Waals surface area contributed by atoms with Crippen LogP contribution < -0.4 is 16.5 Å². The van der Waals surface area contributed by atoms with E-state index >= 15 is 0 Å². The molecule has 8 aromatic heterocycles. The van der Waals surface area contributed by atoms with Crippen molar-refractivity contribution in [2.24, 2.45) is 10.8 Å². The SMILES string of the molecule is C.C.C.C.C.C.C.CC1(C)OB(c2ccc(S(C)(=O)=O)cc2)OC1(C)C.Cc1cc(C)nc(Cl)c1.Cc1cc(Cl)n2cncc2c1.Cc1cc(Cl)nc(CBr)c1.Cc1cc(Cl)nc(CN=[N+]=[N-])c1.Cc1cc(Cl)nc(CO)c1.NCc1cc(C(F)(F)F)cc(Cl)n1.O=CNCc1cc(C(F)(F)F)cc(Cl)n1. The van der Waals surface area contributed by atoms with Crippen LogP contribution in [0.15, 0.2) is 132 Å². The number of nitrogens with two attached hydrogens (primary N) is 1. The molecule has 588 valence electrons. The van der Waals surface area contributed by atoms with Crippen LogP contribution in [0.2, 0.25) is 36.1 Å². The Labute approximate surface area is 664 Å². The van der Waals surface area contributed by atoms with E-state index in [4.69, 9.17) is 107 Å². The van der Waals surface area contributed by atoms with Gasteiger partial charge in [-0.05, 0) is 205 Å². The average Bonchev–Trinajstić information content (AvgIpc) is 1.62. The summed E-state index contributed by atoms with van der Waals surface area (Å²) in [5.41, 5.74) is 21.5. The highest BCUT2D eigenvalue weighted by Gasteiger charge is 2.51. The number of fused-ring (bicyclic) bond motifs is 1. The maximum absolute atomic E-state index is 12.3. The lowest BCUT2D eigenvalue weighted by molar-refractivity contribution is -0.138. The molecule has 106 heavy (non-hydrogen) atoms. The second-order valence-electron chi connectivity index (χ2n) is 22.2. The van der Waals surface area contributed by atoms with Crippen LogP contribution in [0.25, 0.3) is 16.0 Å². The Balaban J connectivity index is -0.000000367. The summed E-state index contributed by atoms with van der Waals surface area (Å²) < 4.78 is 110. The van der Waals surface area contributed by atoms with Crippen LogP contribution in [-0.2, 0) is 67.9 Å². The van der Waals surface area contributed by atoms with Crippen LogP contribution in [0.5, 0.6) is 0 Å². The van der Waals surface area contributed by atoms with Gasteiger partial charge in [-0.15, -0.1) is 0 Å². The lowest BCUT2D eigenvalue weighted by Gasteiger charge is -2.32. The van der Waals surface area contributed by atoms with E-state index in [1.54, 1.807) is 55.0 Å². The number of nitrogens with zero attached hydrogens (tertiary/aromatic N) is 11. The Hall–Kier alpha value is -6.47. The Kier molecular flexibility index (Phi) is 51.3. The van der Waals surface area contributed by atoms with Gasteiger partial charge in [-0.25, -0.2) is 43.3 Å². The number of aliphatic hydroxyl groups excluding tert-OH is 1. The lowest BCUT2D eigenvalue weighted by Crippen LogP contribution is -2.41. The highest BCUT2D eigenvalue weighted by Crippen LogP contribution is 2.37. The van der Waals surface area contributed by atoms with Gasteiger partial charge in [-0.1, -0.05) is 166 Å².